The first-order valence-electron chi connectivity index (χ1n) is 6.27. The first-order chi connectivity index (χ1) is 7.63. The third-order valence-electron chi connectivity index (χ3n) is 3.95. The van der Waals surface area contributed by atoms with Crippen LogP contribution in [-0.4, -0.2) is 40.9 Å². The van der Waals surface area contributed by atoms with E-state index < -0.39 is 5.54 Å². The first-order valence-corrected chi connectivity index (χ1v) is 7.43. The Morgan fingerprint density at radius 1 is 1.35 bits per heavy atom. The number of nitrogens with two attached hydrogens (primary N) is 1. The van der Waals surface area contributed by atoms with Crippen LogP contribution in [0.1, 0.15) is 38.5 Å². The van der Waals surface area contributed by atoms with Crippen molar-refractivity contribution in [2.75, 3.05) is 18.6 Å². The lowest BCUT2D eigenvalue weighted by atomic mass is 9.81. The second kappa shape index (κ2) is 6.30. The fourth-order valence-electron chi connectivity index (χ4n) is 2.74. The van der Waals surface area contributed by atoms with Gasteiger partial charge in [0.2, 0.25) is 5.91 Å². The minimum Gasteiger partial charge on any atom is -0.340 e. The Morgan fingerprint density at radius 2 is 2.00 bits per heavy atom. The van der Waals surface area contributed by atoms with E-state index in [2.05, 4.69) is 0 Å². The molecule has 0 aromatic carbocycles. The second-order valence-corrected chi connectivity index (χ2v) is 6.30. The lowest BCUT2D eigenvalue weighted by molar-refractivity contribution is -0.138. The number of carbonyl (C=O) groups is 1. The third-order valence-corrected chi connectivity index (χ3v) is 5.09. The van der Waals surface area contributed by atoms with Crippen LogP contribution in [-0.2, 0) is 4.79 Å². The molecule has 1 aliphatic carbocycles. The maximum Gasteiger partial charge on any atom is 0.242 e. The maximum atomic E-state index is 12.4. The summed E-state index contributed by atoms with van der Waals surface area (Å²) in [5.41, 5.74) is 5.72. The van der Waals surface area contributed by atoms with Crippen molar-refractivity contribution < 1.29 is 4.79 Å². The number of rotatable bonds is 2. The zero-order valence-electron chi connectivity index (χ0n) is 10.5. The van der Waals surface area contributed by atoms with Crippen LogP contribution < -0.4 is 5.73 Å². The lowest BCUT2D eigenvalue weighted by Gasteiger charge is -2.37. The van der Waals surface area contributed by atoms with E-state index in [0.29, 0.717) is 6.04 Å². The molecule has 5 heteroatoms. The van der Waals surface area contributed by atoms with Gasteiger partial charge in [0.25, 0.3) is 0 Å². The van der Waals surface area contributed by atoms with E-state index in [1.54, 1.807) is 0 Å². The molecule has 0 bridgehead atoms. The van der Waals surface area contributed by atoms with Crippen molar-refractivity contribution in [3.63, 3.8) is 0 Å². The topological polar surface area (TPSA) is 46.3 Å². The normalized spacial score (nSPS) is 27.3. The van der Waals surface area contributed by atoms with Crippen LogP contribution in [0.4, 0.5) is 0 Å². The van der Waals surface area contributed by atoms with E-state index in [4.69, 9.17) is 5.73 Å². The monoisotopic (exact) mass is 278 g/mol. The fourth-order valence-corrected chi connectivity index (χ4v) is 4.01. The number of hydrogen-bond acceptors (Lipinski definition) is 3. The van der Waals surface area contributed by atoms with Gasteiger partial charge in [0.1, 0.15) is 0 Å². The van der Waals surface area contributed by atoms with Crippen LogP contribution in [0.15, 0.2) is 0 Å². The van der Waals surface area contributed by atoms with Gasteiger partial charge in [0, 0.05) is 18.8 Å². The Kier molecular flexibility index (Phi) is 5.61. The molecule has 100 valence electrons. The molecule has 3 nitrogen and oxygen atoms in total. The quantitative estimate of drug-likeness (QED) is 0.841. The number of hydrogen-bond donors (Lipinski definition) is 1. The molecule has 1 atom stereocenters. The Labute approximate surface area is 114 Å². The summed E-state index contributed by atoms with van der Waals surface area (Å²) in [6.45, 7) is 0. The van der Waals surface area contributed by atoms with Gasteiger partial charge in [-0.25, -0.2) is 0 Å². The van der Waals surface area contributed by atoms with E-state index in [0.717, 1.165) is 37.9 Å². The summed E-state index contributed by atoms with van der Waals surface area (Å²) in [4.78, 5) is 14.3. The van der Waals surface area contributed by atoms with Crippen LogP contribution in [0.5, 0.6) is 0 Å². The summed E-state index contributed by atoms with van der Waals surface area (Å²) in [5, 5.41) is 0. The molecule has 2 fully saturated rings. The molecule has 0 spiro atoms. The van der Waals surface area contributed by atoms with Crippen LogP contribution >= 0.6 is 24.2 Å². The minimum atomic E-state index is -0.555. The van der Waals surface area contributed by atoms with E-state index in [9.17, 15) is 4.79 Å². The molecule has 1 amide bonds. The van der Waals surface area contributed by atoms with Crippen molar-refractivity contribution in [3.05, 3.63) is 0 Å². The highest BCUT2D eigenvalue weighted by atomic mass is 35.5. The van der Waals surface area contributed by atoms with E-state index in [-0.39, 0.29) is 18.3 Å². The molecular weight excluding hydrogens is 256 g/mol. The highest BCUT2D eigenvalue weighted by molar-refractivity contribution is 7.99. The maximum absolute atomic E-state index is 12.4. The van der Waals surface area contributed by atoms with Gasteiger partial charge in [-0.05, 0) is 25.0 Å². The first kappa shape index (κ1) is 15.1. The largest absolute Gasteiger partial charge is 0.340 e. The number of carbonyl (C=O) groups excluding carboxylic acids is 1. The summed E-state index contributed by atoms with van der Waals surface area (Å²) in [6.07, 6.45) is 6.31. The van der Waals surface area contributed by atoms with Gasteiger partial charge in [-0.15, -0.1) is 12.4 Å². The van der Waals surface area contributed by atoms with Crippen molar-refractivity contribution >= 4 is 30.1 Å². The van der Waals surface area contributed by atoms with Gasteiger partial charge >= 0.3 is 0 Å². The Balaban J connectivity index is 0.00000144. The average molecular weight is 279 g/mol. The molecule has 2 aliphatic rings. The minimum absolute atomic E-state index is 0. The summed E-state index contributed by atoms with van der Waals surface area (Å²) >= 11 is 1.94. The number of nitrogens with zero attached hydrogens (tertiary/aromatic N) is 1. The summed E-state index contributed by atoms with van der Waals surface area (Å²) in [7, 11) is 1.93. The predicted molar refractivity (Wildman–Crippen MR) is 75.8 cm³/mol. The van der Waals surface area contributed by atoms with E-state index >= 15 is 0 Å². The number of likely N-dealkylation sites (N-methyl/N-ethyl adjacent to an activating group) is 1. The molecule has 2 rings (SSSR count). The molecule has 1 aliphatic heterocycles. The predicted octanol–water partition coefficient (Wildman–Crippen LogP) is 2.03. The van der Waals surface area contributed by atoms with E-state index in [1.807, 2.05) is 23.7 Å². The molecule has 0 radical (unpaired) electrons. The Hall–Kier alpha value is 0.0700. The summed E-state index contributed by atoms with van der Waals surface area (Å²) < 4.78 is 0. The summed E-state index contributed by atoms with van der Waals surface area (Å²) in [5.74, 6) is 2.44. The highest BCUT2D eigenvalue weighted by Gasteiger charge is 2.39. The van der Waals surface area contributed by atoms with Gasteiger partial charge in [-0.2, -0.15) is 11.8 Å². The van der Waals surface area contributed by atoms with Crippen molar-refractivity contribution in [2.45, 2.75) is 50.1 Å². The molecule has 1 saturated heterocycles. The zero-order chi connectivity index (χ0) is 11.6. The SMILES string of the molecule is CN(C(=O)C1(N)CCCCC1)C1CCSC1.Cl. The Bertz CT molecular complexity index is 263. The third kappa shape index (κ3) is 3.30. The molecule has 1 heterocycles. The van der Waals surface area contributed by atoms with Crippen molar-refractivity contribution in [1.29, 1.82) is 0 Å². The Morgan fingerprint density at radius 3 is 2.53 bits per heavy atom. The molecule has 0 aromatic rings. The number of thioether (sulfide) groups is 1. The molecule has 1 saturated carbocycles. The number of amides is 1. The van der Waals surface area contributed by atoms with Crippen LogP contribution in [0.3, 0.4) is 0 Å². The van der Waals surface area contributed by atoms with Crippen LogP contribution in [0, 0.1) is 0 Å². The van der Waals surface area contributed by atoms with Gasteiger partial charge in [0.15, 0.2) is 0 Å². The standard InChI is InChI=1S/C12H22N2OS.ClH/c1-14(10-5-8-16-9-10)11(15)12(13)6-3-2-4-7-12;/h10H,2-9,13H2,1H3;1H. The lowest BCUT2D eigenvalue weighted by Crippen LogP contribution is -2.57. The number of halogens is 1. The zero-order valence-corrected chi connectivity index (χ0v) is 12.1. The van der Waals surface area contributed by atoms with Crippen molar-refractivity contribution in [1.82, 2.24) is 4.90 Å². The van der Waals surface area contributed by atoms with Crippen molar-refractivity contribution in [2.24, 2.45) is 5.73 Å². The van der Waals surface area contributed by atoms with Gasteiger partial charge in [-0.1, -0.05) is 19.3 Å². The van der Waals surface area contributed by atoms with E-state index in [1.165, 1.54) is 12.2 Å². The van der Waals surface area contributed by atoms with Gasteiger partial charge < -0.3 is 10.6 Å². The van der Waals surface area contributed by atoms with Crippen LogP contribution in [0.25, 0.3) is 0 Å². The van der Waals surface area contributed by atoms with Gasteiger partial charge in [0.05, 0.1) is 5.54 Å². The average Bonchev–Trinajstić information content (AvgIpc) is 2.81. The summed E-state index contributed by atoms with van der Waals surface area (Å²) in [6, 6.07) is 0.417. The second-order valence-electron chi connectivity index (χ2n) is 5.15. The van der Waals surface area contributed by atoms with Crippen molar-refractivity contribution in [3.8, 4) is 0 Å². The highest BCUT2D eigenvalue weighted by Crippen LogP contribution is 2.30. The molecule has 1 unspecified atom stereocenters. The molecule has 17 heavy (non-hydrogen) atoms. The molecular formula is C12H23ClN2OS. The molecule has 2 N–H and O–H groups in total. The fraction of sp³-hybridized carbons (Fsp3) is 0.917. The van der Waals surface area contributed by atoms with Crippen LogP contribution in [0.2, 0.25) is 0 Å². The molecule has 0 aromatic heterocycles. The van der Waals surface area contributed by atoms with Gasteiger partial charge in [-0.3, -0.25) is 4.79 Å². The smallest absolute Gasteiger partial charge is 0.242 e.